The Labute approximate surface area is 172 Å². The number of hydrogen-bond acceptors (Lipinski definition) is 5. The molecule has 0 aliphatic carbocycles. The van der Waals surface area contributed by atoms with Crippen LogP contribution in [0.3, 0.4) is 0 Å². The number of imide groups is 1. The second-order valence-electron chi connectivity index (χ2n) is 6.46. The van der Waals surface area contributed by atoms with Crippen molar-refractivity contribution in [2.24, 2.45) is 0 Å². The highest BCUT2D eigenvalue weighted by atomic mass is 16.5. The summed E-state index contributed by atoms with van der Waals surface area (Å²) in [7, 11) is 0. The van der Waals surface area contributed by atoms with Crippen LogP contribution < -0.4 is 10.2 Å². The molecule has 1 aromatic heterocycles. The third kappa shape index (κ3) is 3.73. The number of carbonyl (C=O) groups excluding carboxylic acids is 3. The molecule has 1 aliphatic heterocycles. The van der Waals surface area contributed by atoms with E-state index in [4.69, 9.17) is 9.15 Å². The van der Waals surface area contributed by atoms with Crippen LogP contribution in [-0.2, 0) is 9.53 Å². The minimum atomic E-state index is -0.515. The Morgan fingerprint density at radius 3 is 2.47 bits per heavy atom. The van der Waals surface area contributed by atoms with E-state index in [-0.39, 0.29) is 11.7 Å². The number of furan rings is 1. The van der Waals surface area contributed by atoms with Gasteiger partial charge in [-0.05, 0) is 43.3 Å². The highest BCUT2D eigenvalue weighted by Gasteiger charge is 2.34. The smallest absolute Gasteiger partial charge is 0.338 e. The highest BCUT2D eigenvalue weighted by Crippen LogP contribution is 2.26. The number of rotatable bonds is 5. The average Bonchev–Trinajstić information content (AvgIpc) is 3.33. The molecule has 1 saturated heterocycles. The molecule has 150 valence electrons. The van der Waals surface area contributed by atoms with Gasteiger partial charge in [0.25, 0.3) is 5.91 Å². The Balaban J connectivity index is 1.53. The number of esters is 1. The normalized spacial score (nSPS) is 14.8. The summed E-state index contributed by atoms with van der Waals surface area (Å²) in [5.74, 6) is 0.141. The van der Waals surface area contributed by atoms with Crippen LogP contribution in [0.4, 0.5) is 10.5 Å². The van der Waals surface area contributed by atoms with E-state index < -0.39 is 11.9 Å². The first-order chi connectivity index (χ1) is 14.6. The molecule has 0 atom stereocenters. The van der Waals surface area contributed by atoms with Gasteiger partial charge in [0.15, 0.2) is 0 Å². The standard InChI is InChI=1S/C23H18N2O5/c1-2-29-22(27)16-10-8-15(9-11-16)20-13-12-18(30-20)14-19-21(26)25(23(28)24-19)17-6-4-3-5-7-17/h3-14H,2H2,1H3,(H,24,28). The van der Waals surface area contributed by atoms with Gasteiger partial charge in [-0.1, -0.05) is 30.3 Å². The average molecular weight is 402 g/mol. The lowest BCUT2D eigenvalue weighted by Gasteiger charge is -2.10. The van der Waals surface area contributed by atoms with E-state index in [0.29, 0.717) is 29.4 Å². The van der Waals surface area contributed by atoms with E-state index in [2.05, 4.69) is 5.32 Å². The predicted octanol–water partition coefficient (Wildman–Crippen LogP) is 4.22. The van der Waals surface area contributed by atoms with Crippen molar-refractivity contribution >= 4 is 29.7 Å². The first-order valence-electron chi connectivity index (χ1n) is 9.36. The van der Waals surface area contributed by atoms with Crippen molar-refractivity contribution in [1.82, 2.24) is 5.32 Å². The summed E-state index contributed by atoms with van der Waals surface area (Å²) < 4.78 is 10.8. The van der Waals surface area contributed by atoms with Gasteiger partial charge in [-0.25, -0.2) is 14.5 Å². The van der Waals surface area contributed by atoms with Crippen LogP contribution in [-0.4, -0.2) is 24.5 Å². The lowest BCUT2D eigenvalue weighted by molar-refractivity contribution is -0.113. The van der Waals surface area contributed by atoms with E-state index in [1.165, 1.54) is 6.08 Å². The van der Waals surface area contributed by atoms with E-state index >= 15 is 0 Å². The van der Waals surface area contributed by atoms with E-state index in [9.17, 15) is 14.4 Å². The van der Waals surface area contributed by atoms with Gasteiger partial charge >= 0.3 is 12.0 Å². The number of carbonyl (C=O) groups is 3. The van der Waals surface area contributed by atoms with Crippen molar-refractivity contribution < 1.29 is 23.5 Å². The highest BCUT2D eigenvalue weighted by molar-refractivity contribution is 6.28. The molecular formula is C23H18N2O5. The number of urea groups is 1. The molecule has 30 heavy (non-hydrogen) atoms. The van der Waals surface area contributed by atoms with Crippen molar-refractivity contribution in [3.8, 4) is 11.3 Å². The van der Waals surface area contributed by atoms with E-state index in [0.717, 1.165) is 10.5 Å². The summed E-state index contributed by atoms with van der Waals surface area (Å²) in [6.45, 7) is 2.06. The molecule has 7 heteroatoms. The first-order valence-corrected chi connectivity index (χ1v) is 9.36. The molecule has 0 spiro atoms. The molecular weight excluding hydrogens is 384 g/mol. The molecule has 0 radical (unpaired) electrons. The molecule has 0 saturated carbocycles. The third-order valence-electron chi connectivity index (χ3n) is 4.49. The van der Waals surface area contributed by atoms with Gasteiger partial charge < -0.3 is 14.5 Å². The van der Waals surface area contributed by atoms with Gasteiger partial charge in [0.1, 0.15) is 17.2 Å². The summed E-state index contributed by atoms with van der Waals surface area (Å²) >= 11 is 0. The van der Waals surface area contributed by atoms with Crippen molar-refractivity contribution in [1.29, 1.82) is 0 Å². The Morgan fingerprint density at radius 2 is 1.77 bits per heavy atom. The van der Waals surface area contributed by atoms with Gasteiger partial charge in [0.2, 0.25) is 0 Å². The van der Waals surface area contributed by atoms with E-state index in [1.54, 1.807) is 67.6 Å². The van der Waals surface area contributed by atoms with Gasteiger partial charge in [0.05, 0.1) is 17.9 Å². The van der Waals surface area contributed by atoms with Crippen LogP contribution in [0.15, 0.2) is 76.8 Å². The van der Waals surface area contributed by atoms with Crippen molar-refractivity contribution in [2.75, 3.05) is 11.5 Å². The van der Waals surface area contributed by atoms with Crippen molar-refractivity contribution in [2.45, 2.75) is 6.92 Å². The molecule has 0 bridgehead atoms. The molecule has 1 aliphatic rings. The summed E-state index contributed by atoms with van der Waals surface area (Å²) in [5, 5.41) is 2.57. The van der Waals surface area contributed by atoms with Crippen molar-refractivity contribution in [3.63, 3.8) is 0 Å². The number of para-hydroxylation sites is 1. The summed E-state index contributed by atoms with van der Waals surface area (Å²) in [6, 6.07) is 18.4. The lowest BCUT2D eigenvalue weighted by atomic mass is 10.1. The fraction of sp³-hybridized carbons (Fsp3) is 0.0870. The van der Waals surface area contributed by atoms with E-state index in [1.807, 2.05) is 6.07 Å². The number of benzene rings is 2. The molecule has 0 unspecified atom stereocenters. The van der Waals surface area contributed by atoms with Crippen LogP contribution in [0.25, 0.3) is 17.4 Å². The van der Waals surface area contributed by atoms with Gasteiger partial charge in [-0.2, -0.15) is 0 Å². The number of hydrogen-bond donors (Lipinski definition) is 1. The maximum Gasteiger partial charge on any atom is 0.338 e. The second-order valence-corrected chi connectivity index (χ2v) is 6.46. The molecule has 1 fully saturated rings. The van der Waals surface area contributed by atoms with Gasteiger partial charge in [0, 0.05) is 11.6 Å². The molecule has 3 aromatic rings. The quantitative estimate of drug-likeness (QED) is 0.392. The zero-order valence-corrected chi connectivity index (χ0v) is 16.1. The van der Waals surface area contributed by atoms with Gasteiger partial charge in [-0.15, -0.1) is 0 Å². The molecule has 4 rings (SSSR count). The van der Waals surface area contributed by atoms with Crippen LogP contribution >= 0.6 is 0 Å². The number of amides is 3. The number of nitrogens with one attached hydrogen (secondary N) is 1. The van der Waals surface area contributed by atoms with Crippen molar-refractivity contribution in [3.05, 3.63) is 83.8 Å². The Morgan fingerprint density at radius 1 is 1.03 bits per heavy atom. The van der Waals surface area contributed by atoms with Crippen LogP contribution in [0.2, 0.25) is 0 Å². The first kappa shape index (κ1) is 19.2. The summed E-state index contributed by atoms with van der Waals surface area (Å²) in [4.78, 5) is 37.7. The predicted molar refractivity (Wildman–Crippen MR) is 111 cm³/mol. The zero-order chi connectivity index (χ0) is 21.1. The minimum Gasteiger partial charge on any atom is -0.462 e. The summed E-state index contributed by atoms with van der Waals surface area (Å²) in [6.07, 6.45) is 1.49. The lowest BCUT2D eigenvalue weighted by Crippen LogP contribution is -2.30. The SMILES string of the molecule is CCOC(=O)c1ccc(-c2ccc(C=C3NC(=O)N(c4ccccc4)C3=O)o2)cc1. The number of ether oxygens (including phenoxy) is 1. The fourth-order valence-electron chi connectivity index (χ4n) is 3.06. The topological polar surface area (TPSA) is 88.9 Å². The molecule has 3 amide bonds. The third-order valence-corrected chi connectivity index (χ3v) is 4.49. The molecule has 2 aromatic carbocycles. The minimum absolute atomic E-state index is 0.127. The molecule has 1 N–H and O–H groups in total. The largest absolute Gasteiger partial charge is 0.462 e. The van der Waals surface area contributed by atoms with Crippen LogP contribution in [0, 0.1) is 0 Å². The second kappa shape index (κ2) is 8.08. The maximum atomic E-state index is 12.6. The fourth-order valence-corrected chi connectivity index (χ4v) is 3.06. The number of anilines is 1. The Bertz CT molecular complexity index is 1130. The molecule has 2 heterocycles. The maximum absolute atomic E-state index is 12.6. The zero-order valence-electron chi connectivity index (χ0n) is 16.1. The summed E-state index contributed by atoms with van der Waals surface area (Å²) in [5.41, 5.74) is 1.84. The Hall–Kier alpha value is -4.13. The molecule has 7 nitrogen and oxygen atoms in total. The van der Waals surface area contributed by atoms with Crippen LogP contribution in [0.5, 0.6) is 0 Å². The van der Waals surface area contributed by atoms with Gasteiger partial charge in [-0.3, -0.25) is 4.79 Å². The number of nitrogens with zero attached hydrogens (tertiary/aromatic N) is 1. The monoisotopic (exact) mass is 402 g/mol. The van der Waals surface area contributed by atoms with Crippen LogP contribution in [0.1, 0.15) is 23.0 Å². The Kier molecular flexibility index (Phi) is 5.17.